The van der Waals surface area contributed by atoms with Crippen LogP contribution in [0.15, 0.2) is 18.2 Å². The summed E-state index contributed by atoms with van der Waals surface area (Å²) in [6.45, 7) is 0.860. The van der Waals surface area contributed by atoms with E-state index >= 15 is 0 Å². The summed E-state index contributed by atoms with van der Waals surface area (Å²) in [5.41, 5.74) is 0.756. The number of hydrogen-bond donors (Lipinski definition) is 2. The van der Waals surface area contributed by atoms with E-state index in [-0.39, 0.29) is 12.5 Å². The lowest BCUT2D eigenvalue weighted by Crippen LogP contribution is -2.33. The maximum Gasteiger partial charge on any atom is 0.234 e. The number of hydrogen-bond acceptors (Lipinski definition) is 3. The third kappa shape index (κ3) is 4.28. The van der Waals surface area contributed by atoms with Crippen molar-refractivity contribution in [3.05, 3.63) is 28.8 Å². The Labute approximate surface area is 112 Å². The average Bonchev–Trinajstić information content (AvgIpc) is 2.37. The predicted octanol–water partition coefficient (Wildman–Crippen LogP) is 1.19. The summed E-state index contributed by atoms with van der Waals surface area (Å²) in [7, 11) is 1.56. The first kappa shape index (κ1) is 14.4. The van der Waals surface area contributed by atoms with Crippen LogP contribution in [0, 0.1) is 12.3 Å². The van der Waals surface area contributed by atoms with Crippen LogP contribution >= 0.6 is 11.6 Å². The van der Waals surface area contributed by atoms with Gasteiger partial charge in [0, 0.05) is 17.1 Å². The molecule has 0 aliphatic carbocycles. The molecular formula is C13H15ClN2O2. The highest BCUT2D eigenvalue weighted by atomic mass is 35.5. The summed E-state index contributed by atoms with van der Waals surface area (Å²) in [6, 6.07) is 5.34. The van der Waals surface area contributed by atoms with Crippen LogP contribution in [0.3, 0.4) is 0 Å². The molecule has 0 radical (unpaired) electrons. The lowest BCUT2D eigenvalue weighted by atomic mass is 10.2. The van der Waals surface area contributed by atoms with Gasteiger partial charge in [-0.15, -0.1) is 6.42 Å². The molecule has 0 aliphatic heterocycles. The molecule has 1 aromatic rings. The largest absolute Gasteiger partial charge is 0.496 e. The normalized spacial score (nSPS) is 9.61. The number of carbonyl (C=O) groups is 1. The van der Waals surface area contributed by atoms with Crippen LogP contribution in [0.5, 0.6) is 5.75 Å². The Morgan fingerprint density at radius 2 is 2.33 bits per heavy atom. The number of terminal acetylenes is 1. The molecule has 5 heteroatoms. The fraction of sp³-hybridized carbons (Fsp3) is 0.308. The highest BCUT2D eigenvalue weighted by Gasteiger charge is 2.08. The Morgan fingerprint density at radius 1 is 1.56 bits per heavy atom. The third-order valence-corrected chi connectivity index (χ3v) is 2.62. The van der Waals surface area contributed by atoms with Gasteiger partial charge in [0.15, 0.2) is 0 Å². The molecule has 96 valence electrons. The smallest absolute Gasteiger partial charge is 0.234 e. The van der Waals surface area contributed by atoms with Crippen LogP contribution in [0.2, 0.25) is 5.02 Å². The van der Waals surface area contributed by atoms with Crippen molar-refractivity contribution in [2.45, 2.75) is 6.54 Å². The monoisotopic (exact) mass is 266 g/mol. The first-order valence-corrected chi connectivity index (χ1v) is 5.79. The van der Waals surface area contributed by atoms with Crippen LogP contribution in [0.4, 0.5) is 0 Å². The molecule has 0 spiro atoms. The van der Waals surface area contributed by atoms with Crippen molar-refractivity contribution in [1.82, 2.24) is 10.6 Å². The summed E-state index contributed by atoms with van der Waals surface area (Å²) < 4.78 is 5.18. The van der Waals surface area contributed by atoms with Crippen molar-refractivity contribution in [3.63, 3.8) is 0 Å². The lowest BCUT2D eigenvalue weighted by Gasteiger charge is -2.11. The number of methoxy groups -OCH3 is 1. The molecule has 2 N–H and O–H groups in total. The summed E-state index contributed by atoms with van der Waals surface area (Å²) in [5.74, 6) is 2.90. The molecule has 0 saturated heterocycles. The van der Waals surface area contributed by atoms with Crippen molar-refractivity contribution in [2.24, 2.45) is 0 Å². The molecule has 1 rings (SSSR count). The first-order valence-electron chi connectivity index (χ1n) is 5.41. The van der Waals surface area contributed by atoms with E-state index in [0.29, 0.717) is 23.9 Å². The van der Waals surface area contributed by atoms with Crippen LogP contribution < -0.4 is 15.4 Å². The third-order valence-electron chi connectivity index (χ3n) is 2.27. The van der Waals surface area contributed by atoms with E-state index in [9.17, 15) is 4.79 Å². The molecule has 0 aliphatic rings. The maximum atomic E-state index is 11.5. The molecular weight excluding hydrogens is 252 g/mol. The van der Waals surface area contributed by atoms with Crippen molar-refractivity contribution < 1.29 is 9.53 Å². The first-order chi connectivity index (χ1) is 8.69. The van der Waals surface area contributed by atoms with Gasteiger partial charge in [0.1, 0.15) is 5.75 Å². The Hall–Kier alpha value is -1.70. The fourth-order valence-corrected chi connectivity index (χ4v) is 1.63. The molecule has 4 nitrogen and oxygen atoms in total. The Kier molecular flexibility index (Phi) is 6.06. The number of halogens is 1. The number of amides is 1. The van der Waals surface area contributed by atoms with Crippen molar-refractivity contribution in [2.75, 3.05) is 20.2 Å². The van der Waals surface area contributed by atoms with Crippen LogP contribution in [-0.4, -0.2) is 26.1 Å². The average molecular weight is 267 g/mol. The van der Waals surface area contributed by atoms with Gasteiger partial charge in [-0.05, 0) is 12.1 Å². The Balaban J connectivity index is 2.53. The summed E-state index contributed by atoms with van der Waals surface area (Å²) in [4.78, 5) is 11.5. The Morgan fingerprint density at radius 3 is 3.00 bits per heavy atom. The fourth-order valence-electron chi connectivity index (χ4n) is 1.40. The molecule has 0 atom stereocenters. The van der Waals surface area contributed by atoms with Crippen LogP contribution in [0.25, 0.3) is 0 Å². The van der Waals surface area contributed by atoms with Gasteiger partial charge in [0.05, 0.1) is 20.2 Å². The number of carbonyl (C=O) groups excluding carboxylic acids is 1. The molecule has 18 heavy (non-hydrogen) atoms. The van der Waals surface area contributed by atoms with E-state index in [2.05, 4.69) is 16.6 Å². The van der Waals surface area contributed by atoms with Gasteiger partial charge in [-0.2, -0.15) is 0 Å². The topological polar surface area (TPSA) is 50.4 Å². The zero-order valence-corrected chi connectivity index (χ0v) is 10.9. The van der Waals surface area contributed by atoms with Crippen molar-refractivity contribution in [1.29, 1.82) is 0 Å². The van der Waals surface area contributed by atoms with Gasteiger partial charge in [-0.1, -0.05) is 23.6 Å². The van der Waals surface area contributed by atoms with E-state index < -0.39 is 0 Å². The zero-order valence-electron chi connectivity index (χ0n) is 10.1. The molecule has 0 aromatic heterocycles. The van der Waals surface area contributed by atoms with E-state index in [1.807, 2.05) is 0 Å². The number of rotatable bonds is 6. The van der Waals surface area contributed by atoms with Crippen molar-refractivity contribution in [3.8, 4) is 18.1 Å². The molecule has 0 bridgehead atoms. The second kappa shape index (κ2) is 7.59. The molecule has 1 aromatic carbocycles. The number of nitrogens with one attached hydrogen (secondary N) is 2. The summed E-state index contributed by atoms with van der Waals surface area (Å²) >= 11 is 6.04. The minimum atomic E-state index is -0.146. The second-order valence-electron chi connectivity index (χ2n) is 3.51. The lowest BCUT2D eigenvalue weighted by molar-refractivity contribution is -0.120. The summed E-state index contributed by atoms with van der Waals surface area (Å²) in [6.07, 6.45) is 5.06. The van der Waals surface area contributed by atoms with Crippen molar-refractivity contribution >= 4 is 17.5 Å². The minimum Gasteiger partial charge on any atom is -0.496 e. The van der Waals surface area contributed by atoms with Gasteiger partial charge < -0.3 is 10.1 Å². The van der Waals surface area contributed by atoms with E-state index in [0.717, 1.165) is 5.56 Å². The zero-order chi connectivity index (χ0) is 13.4. The highest BCUT2D eigenvalue weighted by molar-refractivity contribution is 6.31. The quantitative estimate of drug-likeness (QED) is 0.601. The standard InChI is InChI=1S/C13H15ClN2O2/c1-3-7-15-9-13(17)16-8-10-11(14)5-4-6-12(10)18-2/h1,4-6,15H,7-9H2,2H3,(H,16,17). The number of ether oxygens (including phenoxy) is 1. The molecule has 0 heterocycles. The molecule has 0 saturated carbocycles. The van der Waals surface area contributed by atoms with E-state index in [1.54, 1.807) is 25.3 Å². The van der Waals surface area contributed by atoms with Gasteiger partial charge in [0.25, 0.3) is 0 Å². The van der Waals surface area contributed by atoms with Gasteiger partial charge in [-0.25, -0.2) is 0 Å². The predicted molar refractivity (Wildman–Crippen MR) is 71.6 cm³/mol. The van der Waals surface area contributed by atoms with Crippen LogP contribution in [0.1, 0.15) is 5.56 Å². The number of benzene rings is 1. The molecule has 1 amide bonds. The van der Waals surface area contributed by atoms with E-state index in [1.165, 1.54) is 0 Å². The van der Waals surface area contributed by atoms with Crippen LogP contribution in [-0.2, 0) is 11.3 Å². The SMILES string of the molecule is C#CCNCC(=O)NCc1c(Cl)cccc1OC. The van der Waals surface area contributed by atoms with E-state index in [4.69, 9.17) is 22.8 Å². The maximum absolute atomic E-state index is 11.5. The second-order valence-corrected chi connectivity index (χ2v) is 3.91. The molecule has 0 unspecified atom stereocenters. The van der Waals surface area contributed by atoms with Gasteiger partial charge in [0.2, 0.25) is 5.91 Å². The van der Waals surface area contributed by atoms with Gasteiger partial charge in [-0.3, -0.25) is 10.1 Å². The minimum absolute atomic E-state index is 0.146. The summed E-state index contributed by atoms with van der Waals surface area (Å²) in [5, 5.41) is 6.10. The van der Waals surface area contributed by atoms with Gasteiger partial charge >= 0.3 is 0 Å². The highest BCUT2D eigenvalue weighted by Crippen LogP contribution is 2.25. The Bertz CT molecular complexity index is 455. The molecule has 0 fully saturated rings.